The van der Waals surface area contributed by atoms with Crippen molar-refractivity contribution in [1.82, 2.24) is 20.4 Å². The summed E-state index contributed by atoms with van der Waals surface area (Å²) in [4.78, 5) is 29.5. The van der Waals surface area contributed by atoms with Crippen molar-refractivity contribution in [3.8, 4) is 0 Å². The Kier molecular flexibility index (Phi) is 5.39. The Balaban J connectivity index is 1.65. The second-order valence-electron chi connectivity index (χ2n) is 6.19. The minimum absolute atomic E-state index is 0.0560. The van der Waals surface area contributed by atoms with Crippen molar-refractivity contribution in [2.45, 2.75) is 24.9 Å². The van der Waals surface area contributed by atoms with E-state index >= 15 is 0 Å². The molecule has 14 nitrogen and oxygen atoms in total. The van der Waals surface area contributed by atoms with Crippen LogP contribution in [0, 0.1) is 0 Å². The summed E-state index contributed by atoms with van der Waals surface area (Å²) in [6, 6.07) is -0.363. The van der Waals surface area contributed by atoms with E-state index in [1.807, 2.05) is 0 Å². The molecule has 2 atom stereocenters. The highest BCUT2D eigenvalue weighted by Crippen LogP contribution is 2.38. The van der Waals surface area contributed by atoms with Gasteiger partial charge in [-0.15, -0.1) is 4.28 Å². The Hall–Kier alpha value is -2.91. The number of hydrogen-bond donors (Lipinski definition) is 4. The number of hydroxylamine groups is 2. The maximum absolute atomic E-state index is 12.4. The number of aliphatic imine (C=N–C) groups is 1. The molecule has 0 spiro atoms. The van der Waals surface area contributed by atoms with Crippen LogP contribution in [0.25, 0.3) is 0 Å². The number of aromatic nitrogens is 1. The average Bonchev–Trinajstić information content (AvgIpc) is 3.18. The summed E-state index contributed by atoms with van der Waals surface area (Å²) in [5.41, 5.74) is 10.7. The second kappa shape index (κ2) is 7.61. The van der Waals surface area contributed by atoms with Gasteiger partial charge in [-0.05, 0) is 12.8 Å². The summed E-state index contributed by atoms with van der Waals surface area (Å²) >= 11 is 0. The van der Waals surface area contributed by atoms with Gasteiger partial charge in [0, 0.05) is 19.2 Å². The minimum Gasteiger partial charge on any atom is -0.370 e. The summed E-state index contributed by atoms with van der Waals surface area (Å²) in [7, 11) is -4.82. The second-order valence-corrected chi connectivity index (χ2v) is 7.19. The lowest BCUT2D eigenvalue weighted by atomic mass is 9.98. The van der Waals surface area contributed by atoms with Crippen LogP contribution in [-0.2, 0) is 14.7 Å². The van der Waals surface area contributed by atoms with Gasteiger partial charge in [-0.25, -0.2) is 4.79 Å². The highest BCUT2D eigenvalue weighted by atomic mass is 32.3. The number of carbonyl (C=O) groups is 2. The number of guanidine groups is 1. The van der Waals surface area contributed by atoms with Crippen molar-refractivity contribution >= 4 is 28.3 Å². The zero-order valence-corrected chi connectivity index (χ0v) is 15.3. The number of nitrogens with two attached hydrogens (primary N) is 2. The van der Waals surface area contributed by atoms with Gasteiger partial charge in [0.2, 0.25) is 5.76 Å². The Morgan fingerprint density at radius 2 is 2.21 bits per heavy atom. The molecule has 6 N–H and O–H groups in total. The van der Waals surface area contributed by atoms with E-state index in [4.69, 9.17) is 20.5 Å². The Labute approximate surface area is 159 Å². The van der Waals surface area contributed by atoms with Crippen molar-refractivity contribution in [3.63, 3.8) is 0 Å². The maximum atomic E-state index is 12.4. The standard InChI is InChI=1S/C13H19N7O7S/c14-12(15)17-4-3-16-11(21)10-5-8(18-26-10)9-2-1-7-6-19(9)13(22)20(7)27-28(23,24)25/h5,7,9H,1-4,6H2,(H,16,21)(H4,14,15,17)(H,23,24,25)/t7-,9-/m1/s1. The molecule has 0 unspecified atom stereocenters. The van der Waals surface area contributed by atoms with Crippen LogP contribution in [0.5, 0.6) is 0 Å². The fourth-order valence-corrected chi connectivity index (χ4v) is 3.52. The fourth-order valence-electron chi connectivity index (χ4n) is 3.13. The predicted octanol–water partition coefficient (Wildman–Crippen LogP) is -1.65. The predicted molar refractivity (Wildman–Crippen MR) is 91.9 cm³/mol. The number of urea groups is 1. The molecular formula is C13H19N7O7S. The lowest BCUT2D eigenvalue weighted by Crippen LogP contribution is -2.35. The first-order valence-corrected chi connectivity index (χ1v) is 9.59. The van der Waals surface area contributed by atoms with Crippen LogP contribution < -0.4 is 16.8 Å². The summed E-state index contributed by atoms with van der Waals surface area (Å²) < 4.78 is 40.1. The van der Waals surface area contributed by atoms with Gasteiger partial charge in [0.05, 0.1) is 18.6 Å². The number of carbonyl (C=O) groups excluding carboxylic acids is 2. The van der Waals surface area contributed by atoms with E-state index in [1.165, 1.54) is 11.0 Å². The van der Waals surface area contributed by atoms with Crippen molar-refractivity contribution in [3.05, 3.63) is 17.5 Å². The van der Waals surface area contributed by atoms with Crippen LogP contribution >= 0.6 is 0 Å². The molecule has 3 heterocycles. The molecule has 2 aliphatic heterocycles. The lowest BCUT2D eigenvalue weighted by molar-refractivity contribution is -0.0317. The van der Waals surface area contributed by atoms with E-state index in [-0.39, 0.29) is 31.4 Å². The minimum atomic E-state index is -4.82. The summed E-state index contributed by atoms with van der Waals surface area (Å²) in [5.74, 6) is -0.670. The molecule has 0 saturated carbocycles. The molecule has 3 rings (SSSR count). The SMILES string of the molecule is NC(N)=NCCNC(=O)c1cc([C@H]2CC[C@@H]3CN2C(=O)N3OS(=O)(=O)O)no1. The van der Waals surface area contributed by atoms with Crippen molar-refractivity contribution in [2.75, 3.05) is 19.6 Å². The first-order chi connectivity index (χ1) is 13.2. The number of nitrogens with zero attached hydrogens (tertiary/aromatic N) is 4. The maximum Gasteiger partial charge on any atom is 0.418 e. The zero-order valence-electron chi connectivity index (χ0n) is 14.5. The van der Waals surface area contributed by atoms with Crippen molar-refractivity contribution in [2.24, 2.45) is 16.5 Å². The van der Waals surface area contributed by atoms with Gasteiger partial charge in [0.25, 0.3) is 5.91 Å². The topological polar surface area (TPSA) is 207 Å². The van der Waals surface area contributed by atoms with Crippen LogP contribution in [0.15, 0.2) is 15.6 Å². The molecule has 2 aliphatic rings. The Morgan fingerprint density at radius 1 is 1.46 bits per heavy atom. The monoisotopic (exact) mass is 417 g/mol. The molecule has 0 aromatic carbocycles. The number of nitrogens with one attached hydrogen (secondary N) is 1. The van der Waals surface area contributed by atoms with Gasteiger partial charge in [-0.1, -0.05) is 5.16 Å². The third kappa shape index (κ3) is 4.32. The number of amides is 3. The van der Waals surface area contributed by atoms with Gasteiger partial charge in [-0.2, -0.15) is 13.5 Å². The molecule has 3 amide bonds. The van der Waals surface area contributed by atoms with Gasteiger partial charge in [-0.3, -0.25) is 14.3 Å². The first-order valence-electron chi connectivity index (χ1n) is 8.23. The van der Waals surface area contributed by atoms with E-state index in [1.54, 1.807) is 0 Å². The van der Waals surface area contributed by atoms with Gasteiger partial charge < -0.3 is 26.2 Å². The van der Waals surface area contributed by atoms with E-state index < -0.39 is 34.4 Å². The molecule has 2 saturated heterocycles. The summed E-state index contributed by atoms with van der Waals surface area (Å²) in [5, 5.41) is 7.03. The number of piperidine rings is 1. The van der Waals surface area contributed by atoms with Gasteiger partial charge in [0.15, 0.2) is 5.96 Å². The average molecular weight is 417 g/mol. The highest BCUT2D eigenvalue weighted by molar-refractivity contribution is 7.80. The zero-order chi connectivity index (χ0) is 20.5. The third-order valence-electron chi connectivity index (χ3n) is 4.28. The lowest BCUT2D eigenvalue weighted by Gasteiger charge is -2.28. The highest BCUT2D eigenvalue weighted by Gasteiger charge is 2.48. The molecule has 15 heteroatoms. The number of hydrogen-bond acceptors (Lipinski definition) is 8. The first kappa shape index (κ1) is 19.8. The summed E-state index contributed by atoms with van der Waals surface area (Å²) in [6.07, 6.45) is 0.856. The molecule has 2 fully saturated rings. The van der Waals surface area contributed by atoms with Crippen LogP contribution in [0.2, 0.25) is 0 Å². The van der Waals surface area contributed by atoms with E-state index in [0.29, 0.717) is 23.6 Å². The smallest absolute Gasteiger partial charge is 0.370 e. The fraction of sp³-hybridized carbons (Fsp3) is 0.538. The van der Waals surface area contributed by atoms with Crippen LogP contribution in [-0.4, -0.2) is 71.7 Å². The van der Waals surface area contributed by atoms with E-state index in [9.17, 15) is 18.0 Å². The number of rotatable bonds is 7. The largest absolute Gasteiger partial charge is 0.418 e. The molecule has 2 bridgehead atoms. The van der Waals surface area contributed by atoms with E-state index in [0.717, 1.165) is 0 Å². The molecule has 154 valence electrons. The molecule has 0 radical (unpaired) electrons. The molecule has 0 aliphatic carbocycles. The van der Waals surface area contributed by atoms with Crippen LogP contribution in [0.4, 0.5) is 4.79 Å². The van der Waals surface area contributed by atoms with Crippen LogP contribution in [0.3, 0.4) is 0 Å². The Morgan fingerprint density at radius 3 is 2.89 bits per heavy atom. The molecule has 28 heavy (non-hydrogen) atoms. The van der Waals surface area contributed by atoms with Gasteiger partial charge in [0.1, 0.15) is 5.69 Å². The van der Waals surface area contributed by atoms with E-state index in [2.05, 4.69) is 19.7 Å². The number of fused-ring (bicyclic) bond motifs is 2. The molecular weight excluding hydrogens is 398 g/mol. The quantitative estimate of drug-likeness (QED) is 0.172. The molecule has 1 aromatic rings. The Bertz CT molecular complexity index is 895. The van der Waals surface area contributed by atoms with Gasteiger partial charge >= 0.3 is 16.4 Å². The molecule has 1 aromatic heterocycles. The van der Waals surface area contributed by atoms with Crippen molar-refractivity contribution in [1.29, 1.82) is 0 Å². The third-order valence-corrected chi connectivity index (χ3v) is 4.63. The summed E-state index contributed by atoms with van der Waals surface area (Å²) in [6.45, 7) is 0.571. The normalized spacial score (nSPS) is 21.7. The van der Waals surface area contributed by atoms with Crippen molar-refractivity contribution < 1.29 is 31.4 Å². The van der Waals surface area contributed by atoms with Crippen LogP contribution in [0.1, 0.15) is 35.1 Å².